The number of aromatic nitrogens is 3. The Bertz CT molecular complexity index is 793. The fourth-order valence-corrected chi connectivity index (χ4v) is 2.55. The van der Waals surface area contributed by atoms with Gasteiger partial charge < -0.3 is 0 Å². The summed E-state index contributed by atoms with van der Waals surface area (Å²) in [5, 5.41) is 5.25. The van der Waals surface area contributed by atoms with Crippen LogP contribution < -0.4 is 0 Å². The molecule has 112 valence electrons. The molecule has 0 saturated carbocycles. The van der Waals surface area contributed by atoms with Crippen molar-refractivity contribution in [1.29, 1.82) is 0 Å². The zero-order valence-electron chi connectivity index (χ0n) is 11.7. The summed E-state index contributed by atoms with van der Waals surface area (Å²) >= 11 is 11.9. The average Bonchev–Trinajstić information content (AvgIpc) is 2.82. The van der Waals surface area contributed by atoms with E-state index in [1.165, 1.54) is 6.07 Å². The molecule has 0 aliphatic heterocycles. The summed E-state index contributed by atoms with van der Waals surface area (Å²) in [6.07, 6.45) is 0.576. The van der Waals surface area contributed by atoms with Crippen LogP contribution in [0.1, 0.15) is 11.4 Å². The second kappa shape index (κ2) is 6.07. The van der Waals surface area contributed by atoms with Crippen molar-refractivity contribution in [1.82, 2.24) is 14.8 Å². The highest BCUT2D eigenvalue weighted by atomic mass is 35.5. The van der Waals surface area contributed by atoms with Gasteiger partial charge in [0.05, 0.1) is 10.6 Å². The smallest absolute Gasteiger partial charge is 0.185 e. The minimum absolute atomic E-state index is 0.224. The van der Waals surface area contributed by atoms with Crippen molar-refractivity contribution in [3.8, 4) is 11.4 Å². The summed E-state index contributed by atoms with van der Waals surface area (Å²) in [4.78, 5) is 4.41. The van der Waals surface area contributed by atoms with E-state index in [1.54, 1.807) is 23.9 Å². The third-order valence-corrected chi connectivity index (χ3v) is 3.88. The SMILES string of the molecule is Cn1nc(-c2c(F)cccc2Cl)nc1Cc1ccc(Cl)cc1. The maximum absolute atomic E-state index is 14.0. The Morgan fingerprint density at radius 2 is 1.82 bits per heavy atom. The van der Waals surface area contributed by atoms with Crippen LogP contribution in [-0.4, -0.2) is 14.8 Å². The number of aryl methyl sites for hydroxylation is 1. The Hall–Kier alpha value is -1.91. The molecule has 0 radical (unpaired) electrons. The van der Waals surface area contributed by atoms with Gasteiger partial charge in [-0.1, -0.05) is 41.4 Å². The Morgan fingerprint density at radius 3 is 2.50 bits per heavy atom. The first-order valence-electron chi connectivity index (χ1n) is 6.63. The quantitative estimate of drug-likeness (QED) is 0.704. The van der Waals surface area contributed by atoms with E-state index in [0.29, 0.717) is 16.5 Å². The number of hydrogen-bond donors (Lipinski definition) is 0. The molecule has 1 heterocycles. The number of hydrogen-bond acceptors (Lipinski definition) is 2. The van der Waals surface area contributed by atoms with Gasteiger partial charge >= 0.3 is 0 Å². The standard InChI is InChI=1S/C16H12Cl2FN3/c1-22-14(9-10-5-7-11(17)8-6-10)20-16(21-22)15-12(18)3-2-4-13(15)19/h2-8H,9H2,1H3. The molecule has 0 bridgehead atoms. The first-order chi connectivity index (χ1) is 10.5. The van der Waals surface area contributed by atoms with Crippen LogP contribution in [0.2, 0.25) is 10.0 Å². The fourth-order valence-electron chi connectivity index (χ4n) is 2.17. The maximum atomic E-state index is 14.0. The fraction of sp³-hybridized carbons (Fsp3) is 0.125. The summed E-state index contributed by atoms with van der Waals surface area (Å²) in [7, 11) is 1.77. The van der Waals surface area contributed by atoms with Gasteiger partial charge in [0.1, 0.15) is 11.6 Å². The lowest BCUT2D eigenvalue weighted by atomic mass is 10.1. The molecule has 22 heavy (non-hydrogen) atoms. The van der Waals surface area contributed by atoms with Gasteiger partial charge in [-0.2, -0.15) is 5.10 Å². The summed E-state index contributed by atoms with van der Waals surface area (Å²) < 4.78 is 15.6. The Labute approximate surface area is 137 Å². The van der Waals surface area contributed by atoms with Gasteiger partial charge in [0.25, 0.3) is 0 Å². The Kier molecular flexibility index (Phi) is 4.14. The molecule has 3 aromatic rings. The predicted octanol–water partition coefficient (Wildman–Crippen LogP) is 4.52. The number of nitrogens with zero attached hydrogens (tertiary/aromatic N) is 3. The maximum Gasteiger partial charge on any atom is 0.185 e. The summed E-state index contributed by atoms with van der Waals surface area (Å²) in [5.41, 5.74) is 1.27. The molecule has 1 aromatic heterocycles. The van der Waals surface area contributed by atoms with Crippen molar-refractivity contribution < 1.29 is 4.39 Å². The molecule has 2 aromatic carbocycles. The molecule has 0 spiro atoms. The molecule has 0 N–H and O–H groups in total. The van der Waals surface area contributed by atoms with Gasteiger partial charge in [0, 0.05) is 18.5 Å². The van der Waals surface area contributed by atoms with E-state index in [-0.39, 0.29) is 11.4 Å². The third kappa shape index (κ3) is 2.98. The van der Waals surface area contributed by atoms with Crippen molar-refractivity contribution in [2.75, 3.05) is 0 Å². The highest BCUT2D eigenvalue weighted by Crippen LogP contribution is 2.28. The number of rotatable bonds is 3. The van der Waals surface area contributed by atoms with Crippen molar-refractivity contribution >= 4 is 23.2 Å². The molecule has 6 heteroatoms. The van der Waals surface area contributed by atoms with Gasteiger partial charge in [-0.3, -0.25) is 4.68 Å². The lowest BCUT2D eigenvalue weighted by Gasteiger charge is -2.00. The summed E-state index contributed by atoms with van der Waals surface area (Å²) in [6.45, 7) is 0. The molecule has 0 unspecified atom stereocenters. The van der Waals surface area contributed by atoms with Crippen LogP contribution in [0.4, 0.5) is 4.39 Å². The predicted molar refractivity (Wildman–Crippen MR) is 85.7 cm³/mol. The molecular formula is C16H12Cl2FN3. The molecule has 0 saturated heterocycles. The van der Waals surface area contributed by atoms with Gasteiger partial charge in [0.15, 0.2) is 5.82 Å². The van der Waals surface area contributed by atoms with Crippen LogP contribution in [-0.2, 0) is 13.5 Å². The van der Waals surface area contributed by atoms with Crippen LogP contribution in [0.3, 0.4) is 0 Å². The molecule has 3 nitrogen and oxygen atoms in total. The van der Waals surface area contributed by atoms with Crippen molar-refractivity contribution in [2.24, 2.45) is 7.05 Å². The third-order valence-electron chi connectivity index (χ3n) is 3.32. The zero-order valence-corrected chi connectivity index (χ0v) is 13.2. The number of benzene rings is 2. The van der Waals surface area contributed by atoms with Crippen LogP contribution in [0, 0.1) is 5.82 Å². The topological polar surface area (TPSA) is 30.7 Å². The lowest BCUT2D eigenvalue weighted by Crippen LogP contribution is -2.00. The Morgan fingerprint density at radius 1 is 1.09 bits per heavy atom. The largest absolute Gasteiger partial charge is 0.252 e. The average molecular weight is 336 g/mol. The van der Waals surface area contributed by atoms with E-state index >= 15 is 0 Å². The van der Waals surface area contributed by atoms with Crippen molar-refractivity contribution in [3.63, 3.8) is 0 Å². The first kappa shape index (κ1) is 15.0. The van der Waals surface area contributed by atoms with E-state index in [9.17, 15) is 4.39 Å². The van der Waals surface area contributed by atoms with Crippen molar-refractivity contribution in [3.05, 3.63) is 69.7 Å². The zero-order chi connectivity index (χ0) is 15.7. The minimum Gasteiger partial charge on any atom is -0.252 e. The molecule has 0 aliphatic carbocycles. The van der Waals surface area contributed by atoms with E-state index in [2.05, 4.69) is 10.1 Å². The normalized spacial score (nSPS) is 10.9. The van der Waals surface area contributed by atoms with Gasteiger partial charge in [0.2, 0.25) is 0 Å². The second-order valence-corrected chi connectivity index (χ2v) is 5.72. The van der Waals surface area contributed by atoms with E-state index in [4.69, 9.17) is 23.2 Å². The minimum atomic E-state index is -0.434. The van der Waals surface area contributed by atoms with E-state index in [0.717, 1.165) is 11.4 Å². The first-order valence-corrected chi connectivity index (χ1v) is 7.39. The molecule has 3 rings (SSSR count). The monoisotopic (exact) mass is 335 g/mol. The van der Waals surface area contributed by atoms with Gasteiger partial charge in [-0.05, 0) is 29.8 Å². The second-order valence-electron chi connectivity index (χ2n) is 4.88. The van der Waals surface area contributed by atoms with E-state index < -0.39 is 5.82 Å². The molecule has 0 fully saturated rings. The summed E-state index contributed by atoms with van der Waals surface area (Å²) in [6, 6.07) is 12.0. The highest BCUT2D eigenvalue weighted by Gasteiger charge is 2.16. The number of halogens is 3. The van der Waals surface area contributed by atoms with Crippen LogP contribution in [0.5, 0.6) is 0 Å². The highest BCUT2D eigenvalue weighted by molar-refractivity contribution is 6.33. The molecule has 0 aliphatic rings. The van der Waals surface area contributed by atoms with Crippen LogP contribution in [0.15, 0.2) is 42.5 Å². The summed E-state index contributed by atoms with van der Waals surface area (Å²) in [5.74, 6) is 0.572. The van der Waals surface area contributed by atoms with Gasteiger partial charge in [-0.25, -0.2) is 9.37 Å². The molecule has 0 atom stereocenters. The molecule has 0 amide bonds. The van der Waals surface area contributed by atoms with Crippen molar-refractivity contribution in [2.45, 2.75) is 6.42 Å². The lowest BCUT2D eigenvalue weighted by molar-refractivity contribution is 0.629. The van der Waals surface area contributed by atoms with Gasteiger partial charge in [-0.15, -0.1) is 0 Å². The van der Waals surface area contributed by atoms with Crippen LogP contribution in [0.25, 0.3) is 11.4 Å². The Balaban J connectivity index is 1.96. The van der Waals surface area contributed by atoms with E-state index in [1.807, 2.05) is 24.3 Å². The van der Waals surface area contributed by atoms with Crippen LogP contribution >= 0.6 is 23.2 Å². The molecular weight excluding hydrogens is 324 g/mol.